The molecule has 0 heterocycles. The Morgan fingerprint density at radius 3 is 2.57 bits per heavy atom. The van der Waals surface area contributed by atoms with E-state index in [4.69, 9.17) is 23.2 Å². The second-order valence-electron chi connectivity index (χ2n) is 4.73. The zero-order chi connectivity index (χ0) is 15.4. The van der Waals surface area contributed by atoms with Crippen molar-refractivity contribution in [3.05, 3.63) is 67.9 Å². The molecule has 1 N–H and O–H groups in total. The lowest BCUT2D eigenvalue weighted by Crippen LogP contribution is -2.23. The molecule has 0 spiro atoms. The second kappa shape index (κ2) is 7.59. The Hall–Kier alpha value is -0.610. The van der Waals surface area contributed by atoms with Crippen LogP contribution in [0, 0.1) is 5.82 Å². The van der Waals surface area contributed by atoms with Crippen molar-refractivity contribution in [1.29, 1.82) is 0 Å². The van der Waals surface area contributed by atoms with Gasteiger partial charge in [-0.3, -0.25) is 0 Å². The van der Waals surface area contributed by atoms with E-state index >= 15 is 0 Å². The van der Waals surface area contributed by atoms with Gasteiger partial charge in [0.2, 0.25) is 0 Å². The molecule has 0 saturated carbocycles. The molecule has 112 valence electrons. The predicted octanol–water partition coefficient (Wildman–Crippen LogP) is 5.79. The summed E-state index contributed by atoms with van der Waals surface area (Å²) in [7, 11) is 0. The van der Waals surface area contributed by atoms with E-state index in [0.717, 1.165) is 22.1 Å². The van der Waals surface area contributed by atoms with Gasteiger partial charge in [0.25, 0.3) is 0 Å². The average molecular weight is 391 g/mol. The molecule has 5 heteroatoms. The molecule has 0 aliphatic heterocycles. The van der Waals surface area contributed by atoms with Crippen LogP contribution >= 0.6 is 39.1 Å². The Morgan fingerprint density at radius 2 is 1.95 bits per heavy atom. The molecule has 0 amide bonds. The third kappa shape index (κ3) is 4.43. The highest BCUT2D eigenvalue weighted by Crippen LogP contribution is 2.29. The number of halogens is 4. The largest absolute Gasteiger partial charge is 0.310 e. The van der Waals surface area contributed by atoms with Crippen LogP contribution in [0.3, 0.4) is 0 Å². The van der Waals surface area contributed by atoms with E-state index in [1.807, 2.05) is 18.2 Å². The van der Waals surface area contributed by atoms with Crippen LogP contribution in [0.25, 0.3) is 0 Å². The van der Waals surface area contributed by atoms with Gasteiger partial charge in [-0.25, -0.2) is 4.39 Å². The number of hydrogen-bond donors (Lipinski definition) is 1. The highest BCUT2D eigenvalue weighted by molar-refractivity contribution is 9.10. The van der Waals surface area contributed by atoms with Crippen LogP contribution in [0.1, 0.15) is 24.1 Å². The molecule has 0 saturated heterocycles. The first-order chi connectivity index (χ1) is 10.0. The molecule has 0 aromatic heterocycles. The number of likely N-dealkylation sites (N-methyl/N-ethyl adjacent to an activating group) is 1. The quantitative estimate of drug-likeness (QED) is 0.681. The zero-order valence-corrected chi connectivity index (χ0v) is 14.6. The first-order valence-corrected chi connectivity index (χ1v) is 8.18. The summed E-state index contributed by atoms with van der Waals surface area (Å²) in [6.07, 6.45) is 0.716. The molecule has 1 unspecified atom stereocenters. The standard InChI is InChI=1S/C16H15BrCl2FN/c1-2-21-16(12-5-4-11(18)9-13(12)17)8-10-3-6-15(20)14(19)7-10/h3-7,9,16,21H,2,8H2,1H3. The maximum absolute atomic E-state index is 13.2. The van der Waals surface area contributed by atoms with Gasteiger partial charge in [-0.1, -0.05) is 58.2 Å². The van der Waals surface area contributed by atoms with Gasteiger partial charge in [0.15, 0.2) is 0 Å². The fourth-order valence-corrected chi connectivity index (χ4v) is 3.39. The fraction of sp³-hybridized carbons (Fsp3) is 0.250. The van der Waals surface area contributed by atoms with Gasteiger partial charge in [-0.05, 0) is 48.4 Å². The minimum absolute atomic E-state index is 0.100. The van der Waals surface area contributed by atoms with Gasteiger partial charge in [0.05, 0.1) is 5.02 Å². The van der Waals surface area contributed by atoms with Crippen molar-refractivity contribution in [3.63, 3.8) is 0 Å². The summed E-state index contributed by atoms with van der Waals surface area (Å²) in [5.74, 6) is -0.395. The van der Waals surface area contributed by atoms with Gasteiger partial charge in [-0.2, -0.15) is 0 Å². The Labute approximate surface area is 142 Å². The Balaban J connectivity index is 2.28. The van der Waals surface area contributed by atoms with Crippen molar-refractivity contribution in [2.45, 2.75) is 19.4 Å². The van der Waals surface area contributed by atoms with E-state index in [1.165, 1.54) is 6.07 Å². The second-order valence-corrected chi connectivity index (χ2v) is 6.43. The molecular formula is C16H15BrCl2FN. The van der Waals surface area contributed by atoms with Crippen LogP contribution < -0.4 is 5.32 Å². The van der Waals surface area contributed by atoms with E-state index in [2.05, 4.69) is 28.2 Å². The van der Waals surface area contributed by atoms with Gasteiger partial charge >= 0.3 is 0 Å². The normalized spacial score (nSPS) is 12.4. The van der Waals surface area contributed by atoms with Gasteiger partial charge < -0.3 is 5.32 Å². The number of benzene rings is 2. The molecule has 0 bridgehead atoms. The Bertz CT molecular complexity index is 634. The third-order valence-electron chi connectivity index (χ3n) is 3.21. The lowest BCUT2D eigenvalue weighted by molar-refractivity contribution is 0.547. The molecule has 2 aromatic carbocycles. The maximum atomic E-state index is 13.2. The maximum Gasteiger partial charge on any atom is 0.141 e. The molecule has 0 fully saturated rings. The van der Waals surface area contributed by atoms with Crippen LogP contribution in [-0.4, -0.2) is 6.54 Å². The van der Waals surface area contributed by atoms with Crippen LogP contribution in [0.2, 0.25) is 10.0 Å². The van der Waals surface area contributed by atoms with Gasteiger partial charge in [0, 0.05) is 15.5 Å². The topological polar surface area (TPSA) is 12.0 Å². The third-order valence-corrected chi connectivity index (χ3v) is 4.42. The van der Waals surface area contributed by atoms with Crippen molar-refractivity contribution in [3.8, 4) is 0 Å². The van der Waals surface area contributed by atoms with Crippen LogP contribution in [0.15, 0.2) is 40.9 Å². The van der Waals surface area contributed by atoms with Crippen molar-refractivity contribution in [2.75, 3.05) is 6.54 Å². The summed E-state index contributed by atoms with van der Waals surface area (Å²) >= 11 is 15.4. The summed E-state index contributed by atoms with van der Waals surface area (Å²) in [6, 6.07) is 10.7. The van der Waals surface area contributed by atoms with E-state index in [1.54, 1.807) is 12.1 Å². The molecule has 21 heavy (non-hydrogen) atoms. The summed E-state index contributed by atoms with van der Waals surface area (Å²) in [5.41, 5.74) is 2.09. The molecule has 2 aromatic rings. The highest BCUT2D eigenvalue weighted by atomic mass is 79.9. The van der Waals surface area contributed by atoms with Crippen molar-refractivity contribution >= 4 is 39.1 Å². The number of nitrogens with one attached hydrogen (secondary N) is 1. The lowest BCUT2D eigenvalue weighted by Gasteiger charge is -2.20. The summed E-state index contributed by atoms with van der Waals surface area (Å²) in [6.45, 7) is 2.88. The smallest absolute Gasteiger partial charge is 0.141 e. The van der Waals surface area contributed by atoms with Gasteiger partial charge in [-0.15, -0.1) is 0 Å². The molecule has 2 rings (SSSR count). The van der Waals surface area contributed by atoms with E-state index in [0.29, 0.717) is 11.4 Å². The molecule has 0 aliphatic rings. The Morgan fingerprint density at radius 1 is 1.19 bits per heavy atom. The lowest BCUT2D eigenvalue weighted by atomic mass is 9.99. The van der Waals surface area contributed by atoms with E-state index in [-0.39, 0.29) is 11.1 Å². The first-order valence-electron chi connectivity index (χ1n) is 6.63. The van der Waals surface area contributed by atoms with Gasteiger partial charge in [0.1, 0.15) is 5.82 Å². The predicted molar refractivity (Wildman–Crippen MR) is 90.7 cm³/mol. The molecule has 0 aliphatic carbocycles. The van der Waals surface area contributed by atoms with E-state index < -0.39 is 5.82 Å². The average Bonchev–Trinajstić information content (AvgIpc) is 2.42. The van der Waals surface area contributed by atoms with Crippen LogP contribution in [0.4, 0.5) is 4.39 Å². The molecular weight excluding hydrogens is 376 g/mol. The van der Waals surface area contributed by atoms with Crippen molar-refractivity contribution in [2.24, 2.45) is 0 Å². The highest BCUT2D eigenvalue weighted by Gasteiger charge is 2.15. The number of hydrogen-bond acceptors (Lipinski definition) is 1. The molecule has 1 atom stereocenters. The summed E-state index contributed by atoms with van der Waals surface area (Å²) < 4.78 is 14.2. The molecule has 1 nitrogen and oxygen atoms in total. The first kappa shape index (κ1) is 16.8. The van der Waals surface area contributed by atoms with Crippen LogP contribution in [-0.2, 0) is 6.42 Å². The monoisotopic (exact) mass is 389 g/mol. The van der Waals surface area contributed by atoms with Crippen molar-refractivity contribution in [1.82, 2.24) is 5.32 Å². The summed E-state index contributed by atoms with van der Waals surface area (Å²) in [5, 5.41) is 4.27. The SMILES string of the molecule is CCNC(Cc1ccc(F)c(Cl)c1)c1ccc(Cl)cc1Br. The van der Waals surface area contributed by atoms with Crippen molar-refractivity contribution < 1.29 is 4.39 Å². The molecule has 0 radical (unpaired) electrons. The summed E-state index contributed by atoms with van der Waals surface area (Å²) in [4.78, 5) is 0. The zero-order valence-electron chi connectivity index (χ0n) is 11.5. The fourth-order valence-electron chi connectivity index (χ4n) is 2.22. The Kier molecular flexibility index (Phi) is 6.06. The van der Waals surface area contributed by atoms with E-state index in [9.17, 15) is 4.39 Å². The number of rotatable bonds is 5. The minimum Gasteiger partial charge on any atom is -0.310 e. The minimum atomic E-state index is -0.395. The van der Waals surface area contributed by atoms with Crippen LogP contribution in [0.5, 0.6) is 0 Å².